The van der Waals surface area contributed by atoms with E-state index >= 15 is 0 Å². The van der Waals surface area contributed by atoms with Crippen LogP contribution in [0.4, 0.5) is 0 Å². The monoisotopic (exact) mass is 227 g/mol. The maximum absolute atomic E-state index is 9.63. The Morgan fingerprint density at radius 2 is 2.13 bits per heavy atom. The summed E-state index contributed by atoms with van der Waals surface area (Å²) in [6.07, 6.45) is 1.43. The fourth-order valence-corrected chi connectivity index (χ4v) is 1.91. The number of para-hydroxylation sites is 1. The Balaban J connectivity index is 1.91. The van der Waals surface area contributed by atoms with Crippen molar-refractivity contribution < 1.29 is 10.2 Å². The zero-order valence-electron chi connectivity index (χ0n) is 8.28. The van der Waals surface area contributed by atoms with Crippen LogP contribution < -0.4 is 5.32 Å². The Labute approximate surface area is 93.7 Å². The Hall–Kier alpha value is -0.770. The minimum Gasteiger partial charge on any atom is -0.506 e. The summed E-state index contributed by atoms with van der Waals surface area (Å²) in [4.78, 5) is 0. The molecule has 1 fully saturated rings. The molecule has 0 heterocycles. The minimum absolute atomic E-state index is 0.145. The van der Waals surface area contributed by atoms with Gasteiger partial charge in [0.05, 0.1) is 11.1 Å². The molecular weight excluding hydrogens is 214 g/mol. The van der Waals surface area contributed by atoms with Gasteiger partial charge in [-0.2, -0.15) is 0 Å². The summed E-state index contributed by atoms with van der Waals surface area (Å²) in [5.41, 5.74) is 0.795. The molecular formula is C11H14ClNO2. The lowest BCUT2D eigenvalue weighted by molar-refractivity contribution is 0.0619. The number of rotatable bonds is 3. The van der Waals surface area contributed by atoms with E-state index in [0.29, 0.717) is 17.6 Å². The number of nitrogens with one attached hydrogen (secondary N) is 1. The molecule has 0 aromatic heterocycles. The molecule has 0 unspecified atom stereocenters. The summed E-state index contributed by atoms with van der Waals surface area (Å²) < 4.78 is 0. The van der Waals surface area contributed by atoms with Gasteiger partial charge in [-0.15, -0.1) is 0 Å². The average molecular weight is 228 g/mol. The molecule has 1 aliphatic rings. The number of aliphatic hydroxyl groups excluding tert-OH is 1. The van der Waals surface area contributed by atoms with E-state index in [-0.39, 0.29) is 11.9 Å². The number of halogens is 1. The molecule has 1 saturated carbocycles. The third kappa shape index (κ3) is 2.43. The van der Waals surface area contributed by atoms with Crippen LogP contribution in [0.1, 0.15) is 18.4 Å². The number of benzene rings is 1. The fraction of sp³-hybridized carbons (Fsp3) is 0.455. The summed E-state index contributed by atoms with van der Waals surface area (Å²) in [5.74, 6) is 0.145. The topological polar surface area (TPSA) is 52.5 Å². The van der Waals surface area contributed by atoms with Gasteiger partial charge in [0.15, 0.2) is 0 Å². The molecule has 0 aliphatic heterocycles. The molecule has 3 N–H and O–H groups in total. The van der Waals surface area contributed by atoms with Crippen LogP contribution in [0.3, 0.4) is 0 Å². The highest BCUT2D eigenvalue weighted by Crippen LogP contribution is 2.27. The molecule has 1 aliphatic carbocycles. The van der Waals surface area contributed by atoms with Crippen molar-refractivity contribution in [2.45, 2.75) is 31.5 Å². The SMILES string of the molecule is Oc1c(Cl)cccc1CNC1CC(O)C1. The highest BCUT2D eigenvalue weighted by atomic mass is 35.5. The number of phenolic OH excluding ortho intramolecular Hbond substituents is 1. The average Bonchev–Trinajstić information content (AvgIpc) is 2.17. The number of aliphatic hydroxyl groups is 1. The van der Waals surface area contributed by atoms with Crippen LogP contribution in [-0.2, 0) is 6.54 Å². The number of hydrogen-bond donors (Lipinski definition) is 3. The molecule has 0 spiro atoms. The summed E-state index contributed by atoms with van der Waals surface area (Å²) in [7, 11) is 0. The molecule has 0 saturated heterocycles. The van der Waals surface area contributed by atoms with E-state index < -0.39 is 0 Å². The van der Waals surface area contributed by atoms with Gasteiger partial charge in [0.25, 0.3) is 0 Å². The summed E-state index contributed by atoms with van der Waals surface area (Å²) in [6, 6.07) is 5.67. The molecule has 4 heteroatoms. The highest BCUT2D eigenvalue weighted by molar-refractivity contribution is 6.32. The second kappa shape index (κ2) is 4.39. The predicted octanol–water partition coefficient (Wildman–Crippen LogP) is 1.66. The van der Waals surface area contributed by atoms with Gasteiger partial charge in [-0.25, -0.2) is 0 Å². The van der Waals surface area contributed by atoms with Gasteiger partial charge in [-0.1, -0.05) is 23.7 Å². The van der Waals surface area contributed by atoms with E-state index in [1.807, 2.05) is 12.1 Å². The molecule has 15 heavy (non-hydrogen) atoms. The van der Waals surface area contributed by atoms with E-state index in [1.54, 1.807) is 6.07 Å². The fourth-order valence-electron chi connectivity index (χ4n) is 1.71. The first-order valence-corrected chi connectivity index (χ1v) is 5.42. The molecule has 2 rings (SSSR count). The van der Waals surface area contributed by atoms with Crippen molar-refractivity contribution in [3.8, 4) is 5.75 Å². The van der Waals surface area contributed by atoms with E-state index in [0.717, 1.165) is 18.4 Å². The lowest BCUT2D eigenvalue weighted by Gasteiger charge is -2.32. The van der Waals surface area contributed by atoms with E-state index in [4.69, 9.17) is 16.7 Å². The molecule has 0 radical (unpaired) electrons. The quantitative estimate of drug-likeness (QED) is 0.736. The summed E-state index contributed by atoms with van der Waals surface area (Å²) in [6.45, 7) is 0.587. The van der Waals surface area contributed by atoms with Crippen LogP contribution in [-0.4, -0.2) is 22.4 Å². The van der Waals surface area contributed by atoms with Crippen molar-refractivity contribution in [3.05, 3.63) is 28.8 Å². The first kappa shape index (κ1) is 10.7. The lowest BCUT2D eigenvalue weighted by atomic mass is 9.89. The molecule has 1 aromatic carbocycles. The molecule has 1 aromatic rings. The van der Waals surface area contributed by atoms with Crippen LogP contribution >= 0.6 is 11.6 Å². The number of aromatic hydroxyl groups is 1. The van der Waals surface area contributed by atoms with Crippen molar-refractivity contribution in [2.75, 3.05) is 0 Å². The molecule has 0 bridgehead atoms. The third-order valence-electron chi connectivity index (χ3n) is 2.76. The van der Waals surface area contributed by atoms with Crippen molar-refractivity contribution >= 4 is 11.6 Å². The summed E-state index contributed by atoms with van der Waals surface area (Å²) in [5, 5.41) is 22.4. The van der Waals surface area contributed by atoms with Gasteiger partial charge in [0, 0.05) is 18.2 Å². The van der Waals surface area contributed by atoms with E-state index in [2.05, 4.69) is 5.32 Å². The van der Waals surface area contributed by atoms with Gasteiger partial charge in [0.1, 0.15) is 5.75 Å². The smallest absolute Gasteiger partial charge is 0.138 e. The van der Waals surface area contributed by atoms with Crippen molar-refractivity contribution in [2.24, 2.45) is 0 Å². The highest BCUT2D eigenvalue weighted by Gasteiger charge is 2.26. The largest absolute Gasteiger partial charge is 0.506 e. The van der Waals surface area contributed by atoms with Crippen LogP contribution in [0, 0.1) is 0 Å². The van der Waals surface area contributed by atoms with Crippen LogP contribution in [0.5, 0.6) is 5.75 Å². The predicted molar refractivity (Wildman–Crippen MR) is 59.0 cm³/mol. The van der Waals surface area contributed by atoms with Gasteiger partial charge in [-0.05, 0) is 18.9 Å². The minimum atomic E-state index is -0.157. The maximum atomic E-state index is 9.63. The van der Waals surface area contributed by atoms with Gasteiger partial charge < -0.3 is 15.5 Å². The van der Waals surface area contributed by atoms with Gasteiger partial charge >= 0.3 is 0 Å². The Kier molecular flexibility index (Phi) is 3.14. The molecule has 0 atom stereocenters. The maximum Gasteiger partial charge on any atom is 0.138 e. The molecule has 3 nitrogen and oxygen atoms in total. The Bertz CT molecular complexity index is 350. The second-order valence-electron chi connectivity index (χ2n) is 3.95. The Morgan fingerprint density at radius 3 is 2.80 bits per heavy atom. The normalized spacial score (nSPS) is 24.9. The van der Waals surface area contributed by atoms with Crippen molar-refractivity contribution in [1.82, 2.24) is 5.32 Å². The molecule has 0 amide bonds. The number of phenols is 1. The Morgan fingerprint density at radius 1 is 1.40 bits per heavy atom. The first-order valence-electron chi connectivity index (χ1n) is 5.04. The molecule has 82 valence electrons. The van der Waals surface area contributed by atoms with Crippen LogP contribution in [0.15, 0.2) is 18.2 Å². The van der Waals surface area contributed by atoms with Crippen molar-refractivity contribution in [1.29, 1.82) is 0 Å². The standard InChI is InChI=1S/C11H14ClNO2/c12-10-3-1-2-7(11(10)15)6-13-8-4-9(14)5-8/h1-3,8-9,13-15H,4-6H2. The first-order chi connectivity index (χ1) is 7.16. The number of hydrogen-bond acceptors (Lipinski definition) is 3. The van der Waals surface area contributed by atoms with Gasteiger partial charge in [-0.3, -0.25) is 0 Å². The summed E-state index contributed by atoms with van der Waals surface area (Å²) >= 11 is 5.78. The third-order valence-corrected chi connectivity index (χ3v) is 3.07. The lowest BCUT2D eigenvalue weighted by Crippen LogP contribution is -2.43. The zero-order chi connectivity index (χ0) is 10.8. The van der Waals surface area contributed by atoms with Gasteiger partial charge in [0.2, 0.25) is 0 Å². The van der Waals surface area contributed by atoms with Crippen molar-refractivity contribution in [3.63, 3.8) is 0 Å². The van der Waals surface area contributed by atoms with Crippen LogP contribution in [0.2, 0.25) is 5.02 Å². The second-order valence-corrected chi connectivity index (χ2v) is 4.36. The van der Waals surface area contributed by atoms with Crippen LogP contribution in [0.25, 0.3) is 0 Å². The zero-order valence-corrected chi connectivity index (χ0v) is 9.04. The van der Waals surface area contributed by atoms with E-state index in [9.17, 15) is 5.11 Å². The van der Waals surface area contributed by atoms with E-state index in [1.165, 1.54) is 0 Å².